The molecule has 0 fully saturated rings. The predicted molar refractivity (Wildman–Crippen MR) is 441 cm³/mol. The molecule has 0 atom stereocenters. The number of halogens is 1. The summed E-state index contributed by atoms with van der Waals surface area (Å²) in [6, 6.07) is 57.5. The van der Waals surface area contributed by atoms with Crippen LogP contribution in [0.2, 0.25) is 54.4 Å². The number of hydrogen-bond donors (Lipinski definition) is 1. The van der Waals surface area contributed by atoms with Gasteiger partial charge in [0.2, 0.25) is 0 Å². The molecular weight excluding hydrogens is 1340 g/mol. The van der Waals surface area contributed by atoms with E-state index in [4.69, 9.17) is 18.4 Å². The molecule has 0 saturated heterocycles. The summed E-state index contributed by atoms with van der Waals surface area (Å²) in [6.45, 7) is 52.8. The summed E-state index contributed by atoms with van der Waals surface area (Å²) in [5, 5.41) is 14.3. The Kier molecular flexibility index (Phi) is 47.9. The number of aliphatic hydroxyl groups excluding tert-OH is 1. The Bertz CT molecular complexity index is 2720. The maximum atomic E-state index is 10.7. The molecule has 0 bridgehead atoms. The second-order valence-corrected chi connectivity index (χ2v) is 46.4. The monoisotopic (exact) mass is 1470 g/mol. The first-order valence-corrected chi connectivity index (χ1v) is 46.1. The molecule has 535 valence electrons. The third-order valence-electron chi connectivity index (χ3n) is 19.6. The van der Waals surface area contributed by atoms with Crippen molar-refractivity contribution in [3.63, 3.8) is 0 Å². The number of unbranched alkanes of at least 4 members (excludes halogenated alkanes) is 9. The van der Waals surface area contributed by atoms with Gasteiger partial charge < -0.3 is 34.5 Å². The minimum Gasteiger partial charge on any atom is -1.00 e. The van der Waals surface area contributed by atoms with E-state index >= 15 is 0 Å². The first-order chi connectivity index (χ1) is 44.6. The van der Waals surface area contributed by atoms with Crippen molar-refractivity contribution in [3.05, 3.63) is 180 Å². The SMILES string of the molecule is Br.CCN(CCCCCCO[Si](C)(C)C(C)(C)C)c1ccc(C=O)cc1.CCN(CCCCCCO[Si](C)(C)C(C)(C)C)c1ccc(CO)cc1.CCc1ccc(N(CC)CCCCCCO[Si](C)(C)C(C)(C)C)cc1.[B].[H-].[Na+].c1ccc(P(c2ccccc2)c2ccccc2)cc1. The van der Waals surface area contributed by atoms with Crippen LogP contribution in [0.4, 0.5) is 17.1 Å². The summed E-state index contributed by atoms with van der Waals surface area (Å²) in [5.41, 5.74) is 6.95. The normalized spacial score (nSPS) is 11.6. The van der Waals surface area contributed by atoms with E-state index < -0.39 is 32.9 Å². The van der Waals surface area contributed by atoms with Crippen LogP contribution in [-0.4, -0.2) is 104 Å². The van der Waals surface area contributed by atoms with Gasteiger partial charge in [0.1, 0.15) is 6.29 Å². The molecule has 0 heterocycles. The van der Waals surface area contributed by atoms with Crippen molar-refractivity contribution in [1.82, 2.24) is 0 Å². The fourth-order valence-electron chi connectivity index (χ4n) is 10.0. The van der Waals surface area contributed by atoms with Gasteiger partial charge >= 0.3 is 29.6 Å². The van der Waals surface area contributed by atoms with E-state index in [-0.39, 0.29) is 63.0 Å². The van der Waals surface area contributed by atoms with Crippen LogP contribution >= 0.6 is 24.9 Å². The molecule has 6 aromatic carbocycles. The molecule has 0 aliphatic rings. The smallest absolute Gasteiger partial charge is 1.00 e. The quantitative estimate of drug-likeness (QED) is 0.0181. The molecule has 0 spiro atoms. The molecule has 0 aromatic heterocycles. The van der Waals surface area contributed by atoms with Crippen LogP contribution < -0.4 is 60.2 Å². The minimum atomic E-state index is -1.58. The van der Waals surface area contributed by atoms with Crippen molar-refractivity contribution >= 4 is 97.5 Å². The van der Waals surface area contributed by atoms with E-state index in [1.54, 1.807) is 0 Å². The zero-order chi connectivity index (χ0) is 69.7. The Balaban J connectivity index is 0. The van der Waals surface area contributed by atoms with Gasteiger partial charge in [-0.1, -0.05) is 223 Å². The first-order valence-electron chi connectivity index (χ1n) is 36.0. The molecule has 0 amide bonds. The number of benzene rings is 6. The van der Waals surface area contributed by atoms with Gasteiger partial charge in [-0.3, -0.25) is 4.79 Å². The van der Waals surface area contributed by atoms with Crippen molar-refractivity contribution < 1.29 is 54.2 Å². The fourth-order valence-corrected chi connectivity index (χ4v) is 15.6. The number of aryl methyl sites for hydroxylation is 1. The topological polar surface area (TPSA) is 74.7 Å². The fraction of sp³-hybridized carbons (Fsp3) is 0.549. The maximum absolute atomic E-state index is 10.7. The second kappa shape index (κ2) is 49.5. The second-order valence-electron chi connectivity index (χ2n) is 29.7. The van der Waals surface area contributed by atoms with Crippen molar-refractivity contribution in [3.8, 4) is 0 Å². The zero-order valence-electron chi connectivity index (χ0n) is 65.8. The molecule has 1 N–H and O–H groups in total. The molecule has 3 radical (unpaired) electrons. The standard InChI is InChI=1S/C22H41NOSi.C21H39NO2Si.C21H37NO2Si.C18H15P.B.BrH.Na.H/c1-8-20-14-16-21(17-15-20)23(9-2)18-12-10-11-13-19-24-25(6,7)22(3,4)5;2*1-7-22(20-14-12-19(18-23)13-15-20)16-10-8-9-11-17-24-25(5,6)21(2,3)4;1-4-10-16(11-5-1)19(17-12-6-2-7-13-17)18-14-8-3-9-15-18;;;;/h14-17H,8-13,18-19H2,1-7H3;12-15,23H,7-11,16-18H2,1-6H3;12-15,18H,7-11,16-17H2,1-6H3;1-15H;;1H;;/q;;;;;;+1;-1. The van der Waals surface area contributed by atoms with Crippen molar-refractivity contribution in [1.29, 1.82) is 0 Å². The Morgan fingerprint density at radius 1 is 0.402 bits per heavy atom. The van der Waals surface area contributed by atoms with Gasteiger partial charge in [-0.05, 0) is 204 Å². The Labute approximate surface area is 635 Å². The minimum absolute atomic E-state index is 0. The molecule has 0 unspecified atom stereocenters. The first kappa shape index (κ1) is 93.9. The average Bonchev–Trinajstić information content (AvgIpc) is 0.841. The number of carbonyl (C=O) groups excluding carboxylic acids is 1. The molecule has 6 rings (SSSR count). The number of nitrogens with zero attached hydrogens (tertiary/aromatic N) is 3. The zero-order valence-corrected chi connectivity index (χ0v) is 72.4. The number of carbonyl (C=O) groups is 1. The third-order valence-corrected chi connectivity index (χ3v) is 35.6. The Hall–Kier alpha value is -3.14. The van der Waals surface area contributed by atoms with E-state index in [0.717, 1.165) is 89.3 Å². The van der Waals surface area contributed by atoms with Crippen LogP contribution in [0.25, 0.3) is 0 Å². The Morgan fingerprint density at radius 2 is 0.660 bits per heavy atom. The van der Waals surface area contributed by atoms with Crippen molar-refractivity contribution in [2.24, 2.45) is 0 Å². The molecule has 0 saturated carbocycles. The van der Waals surface area contributed by atoms with E-state index in [1.807, 2.05) is 36.4 Å². The molecular formula is C82H134BBrN3NaO5PSi3. The van der Waals surface area contributed by atoms with Gasteiger partial charge in [-0.15, -0.1) is 17.0 Å². The summed E-state index contributed by atoms with van der Waals surface area (Å²) >= 11 is 0. The van der Waals surface area contributed by atoms with Gasteiger partial charge in [0.15, 0.2) is 25.0 Å². The molecule has 97 heavy (non-hydrogen) atoms. The summed E-state index contributed by atoms with van der Waals surface area (Å²) in [4.78, 5) is 18.0. The van der Waals surface area contributed by atoms with Crippen molar-refractivity contribution in [2.45, 2.75) is 234 Å². The van der Waals surface area contributed by atoms with Crippen LogP contribution in [0.1, 0.15) is 190 Å². The number of anilines is 3. The van der Waals surface area contributed by atoms with Gasteiger partial charge in [-0.25, -0.2) is 0 Å². The van der Waals surface area contributed by atoms with Crippen LogP contribution in [0, 0.1) is 0 Å². The molecule has 15 heteroatoms. The van der Waals surface area contributed by atoms with Gasteiger partial charge in [0.05, 0.1) is 6.61 Å². The summed E-state index contributed by atoms with van der Waals surface area (Å²) in [7, 11) is -5.16. The molecule has 6 aromatic rings. The Morgan fingerprint density at radius 3 is 0.897 bits per heavy atom. The van der Waals surface area contributed by atoms with Gasteiger partial charge in [0.25, 0.3) is 0 Å². The number of aliphatic hydroxyl groups is 1. The van der Waals surface area contributed by atoms with E-state index in [2.05, 4.69) is 271 Å². The van der Waals surface area contributed by atoms with Crippen LogP contribution in [0.15, 0.2) is 164 Å². The number of aldehydes is 1. The number of rotatable bonds is 36. The molecule has 8 nitrogen and oxygen atoms in total. The summed E-state index contributed by atoms with van der Waals surface area (Å²) in [6.07, 6.45) is 16.8. The summed E-state index contributed by atoms with van der Waals surface area (Å²) in [5.74, 6) is 0. The molecule has 0 aliphatic carbocycles. The van der Waals surface area contributed by atoms with Gasteiger partial charge in [-0.2, -0.15) is 0 Å². The third kappa shape index (κ3) is 35.5. The number of hydrogen-bond acceptors (Lipinski definition) is 8. The van der Waals surface area contributed by atoms with Crippen molar-refractivity contribution in [2.75, 3.05) is 73.8 Å². The predicted octanol–water partition coefficient (Wildman–Crippen LogP) is 18.9. The largest absolute Gasteiger partial charge is 1.00 e. The van der Waals surface area contributed by atoms with Gasteiger partial charge in [0, 0.05) is 90.1 Å². The van der Waals surface area contributed by atoms with E-state index in [0.29, 0.717) is 15.1 Å². The maximum Gasteiger partial charge on any atom is 1.00 e. The van der Waals surface area contributed by atoms with Crippen LogP contribution in [0.5, 0.6) is 0 Å². The van der Waals surface area contributed by atoms with Crippen LogP contribution in [0.3, 0.4) is 0 Å². The van der Waals surface area contributed by atoms with E-state index in [1.165, 1.54) is 109 Å². The summed E-state index contributed by atoms with van der Waals surface area (Å²) < 4.78 is 18.7. The molecule has 0 aliphatic heterocycles. The van der Waals surface area contributed by atoms with E-state index in [9.17, 15) is 4.79 Å². The van der Waals surface area contributed by atoms with Crippen LogP contribution in [-0.2, 0) is 26.3 Å². The average molecular weight is 1470 g/mol.